The minimum absolute atomic E-state index is 0.0545. The monoisotopic (exact) mass is 1060 g/mol. The van der Waals surface area contributed by atoms with E-state index in [1.807, 2.05) is 41.3 Å². The number of amides is 4. The van der Waals surface area contributed by atoms with Crippen molar-refractivity contribution in [3.05, 3.63) is 109 Å². The van der Waals surface area contributed by atoms with E-state index < -0.39 is 48.6 Å². The Labute approximate surface area is 449 Å². The van der Waals surface area contributed by atoms with Gasteiger partial charge in [0.1, 0.15) is 24.4 Å². The molecule has 4 fully saturated rings. The number of imidazole rings is 2. The van der Waals surface area contributed by atoms with Gasteiger partial charge in [-0.25, -0.2) is 14.8 Å². The summed E-state index contributed by atoms with van der Waals surface area (Å²) < 4.78 is 3.52. The number of aliphatic hydroxyl groups is 4. The Kier molecular flexibility index (Phi) is 15.0. The molecule has 10 N–H and O–H groups in total. The van der Waals surface area contributed by atoms with Gasteiger partial charge in [-0.05, 0) is 48.9 Å². The number of fused-ring (bicyclic) bond motifs is 2. The van der Waals surface area contributed by atoms with Gasteiger partial charge >= 0.3 is 6.03 Å². The third-order valence-corrected chi connectivity index (χ3v) is 15.6. The summed E-state index contributed by atoms with van der Waals surface area (Å²) in [6.45, 7) is 5.82. The number of nitrogens with zero attached hydrogens (tertiary/aromatic N) is 11. The van der Waals surface area contributed by atoms with E-state index in [4.69, 9.17) is 29.9 Å². The van der Waals surface area contributed by atoms with Crippen LogP contribution < -0.4 is 41.7 Å². The van der Waals surface area contributed by atoms with Crippen LogP contribution in [0.25, 0.3) is 22.3 Å². The summed E-state index contributed by atoms with van der Waals surface area (Å²) in [4.78, 5) is 76.1. The van der Waals surface area contributed by atoms with E-state index in [-0.39, 0.29) is 61.5 Å². The number of hydrogen-bond donors (Lipinski definition) is 10. The van der Waals surface area contributed by atoms with Crippen molar-refractivity contribution in [3.63, 3.8) is 0 Å². The highest BCUT2D eigenvalue weighted by Gasteiger charge is 2.45. The quantitative estimate of drug-likeness (QED) is 0.0627. The second kappa shape index (κ2) is 22.5. The molecule has 10 atom stereocenters. The number of nitrogens with one attached hydrogen (secondary N) is 6. The van der Waals surface area contributed by atoms with Crippen LogP contribution in [0.3, 0.4) is 0 Å². The van der Waals surface area contributed by atoms with E-state index in [0.29, 0.717) is 97.1 Å². The topological polar surface area (TPSA) is 311 Å². The minimum atomic E-state index is -1.23. The molecular formula is C54H65N17O7. The molecule has 2 saturated carbocycles. The smallest absolute Gasteiger partial charge is 0.319 e. The fourth-order valence-corrected chi connectivity index (χ4v) is 11.4. The summed E-state index contributed by atoms with van der Waals surface area (Å²) in [5, 5.41) is 64.1. The third kappa shape index (κ3) is 10.7. The van der Waals surface area contributed by atoms with Crippen molar-refractivity contribution >= 4 is 69.4 Å². The number of benzene rings is 2. The number of hydrogen-bond acceptors (Lipinski definition) is 18. The van der Waals surface area contributed by atoms with E-state index in [9.17, 15) is 34.8 Å². The lowest BCUT2D eigenvalue weighted by Crippen LogP contribution is -2.42. The summed E-state index contributed by atoms with van der Waals surface area (Å²) in [5.41, 5.74) is 4.58. The molecule has 408 valence electrons. The molecule has 0 radical (unpaired) electrons. The first-order valence-electron chi connectivity index (χ1n) is 26.8. The largest absolute Gasteiger partial charge is 0.388 e. The average Bonchev–Trinajstić information content (AvgIpc) is 4.52. The van der Waals surface area contributed by atoms with Gasteiger partial charge < -0.3 is 71.3 Å². The van der Waals surface area contributed by atoms with Crippen LogP contribution in [0.5, 0.6) is 0 Å². The van der Waals surface area contributed by atoms with Crippen molar-refractivity contribution in [3.8, 4) is 0 Å². The van der Waals surface area contributed by atoms with Crippen molar-refractivity contribution in [1.29, 1.82) is 0 Å². The number of rotatable bonds is 17. The Hall–Kier alpha value is -8.06. The number of pyridine rings is 1. The van der Waals surface area contributed by atoms with Gasteiger partial charge in [-0.3, -0.25) is 14.6 Å². The Balaban J connectivity index is 0.896. The molecule has 2 saturated heterocycles. The van der Waals surface area contributed by atoms with Gasteiger partial charge in [-0.15, -0.1) is 0 Å². The van der Waals surface area contributed by atoms with Crippen molar-refractivity contribution < 1.29 is 34.8 Å². The molecule has 5 aromatic heterocycles. The molecule has 4 amide bonds. The third-order valence-electron chi connectivity index (χ3n) is 15.6. The molecular weight excluding hydrogens is 999 g/mol. The maximum Gasteiger partial charge on any atom is 0.319 e. The Bertz CT molecular complexity index is 3200. The SMILES string of the molecule is CCC(=O)N[C@H]1C[C@@H](n2cnc3c(NCC(c4ccccc4)c4ccccc4)nc(N4CC[C@@H](Nc5nc(N6CC[C@@H](NC(=O)Nc7cccnc7)C6)nc6c5ncn6[C@@H]5C[C@H](NC(=O)CC)[C@@H](O)[C@H]5O)C4)nc32)[C@H](O)[C@@H]1O. The molecule has 7 heterocycles. The van der Waals surface area contributed by atoms with E-state index in [0.717, 1.165) is 11.1 Å². The van der Waals surface area contributed by atoms with Crippen LogP contribution in [-0.2, 0) is 9.59 Å². The van der Waals surface area contributed by atoms with E-state index in [1.54, 1.807) is 60.2 Å². The Morgan fingerprint density at radius 2 is 1.15 bits per heavy atom. The molecule has 0 bridgehead atoms. The Morgan fingerprint density at radius 3 is 1.69 bits per heavy atom. The molecule has 4 aliphatic rings. The number of urea groups is 1. The fraction of sp³-hybridized carbons (Fsp3) is 0.444. The maximum absolute atomic E-state index is 13.0. The molecule has 11 rings (SSSR count). The van der Waals surface area contributed by atoms with Crippen LogP contribution in [0.2, 0.25) is 0 Å². The maximum atomic E-state index is 13.0. The molecule has 0 unspecified atom stereocenters. The second-order valence-electron chi connectivity index (χ2n) is 20.6. The van der Waals surface area contributed by atoms with Crippen LogP contribution in [0.4, 0.5) is 34.0 Å². The zero-order valence-corrected chi connectivity index (χ0v) is 43.3. The fourth-order valence-electron chi connectivity index (χ4n) is 11.4. The first kappa shape index (κ1) is 52.0. The van der Waals surface area contributed by atoms with E-state index in [2.05, 4.69) is 66.1 Å². The summed E-state index contributed by atoms with van der Waals surface area (Å²) in [6, 6.07) is 20.5. The Morgan fingerprint density at radius 1 is 0.628 bits per heavy atom. The summed E-state index contributed by atoms with van der Waals surface area (Å²) in [7, 11) is 0. The van der Waals surface area contributed by atoms with E-state index in [1.165, 1.54) is 0 Å². The highest BCUT2D eigenvalue weighted by molar-refractivity contribution is 5.89. The van der Waals surface area contributed by atoms with Gasteiger partial charge in [0.05, 0.1) is 48.7 Å². The van der Waals surface area contributed by atoms with Gasteiger partial charge in [-0.1, -0.05) is 74.5 Å². The number of carbonyl (C=O) groups excluding carboxylic acids is 3. The zero-order valence-electron chi connectivity index (χ0n) is 43.3. The first-order chi connectivity index (χ1) is 37.9. The molecule has 78 heavy (non-hydrogen) atoms. The van der Waals surface area contributed by atoms with Crippen LogP contribution >= 0.6 is 0 Å². The van der Waals surface area contributed by atoms with Gasteiger partial charge in [0.15, 0.2) is 34.0 Å². The number of aromatic nitrogens is 9. The number of aliphatic hydroxyl groups excluding tert-OH is 4. The van der Waals surface area contributed by atoms with Crippen LogP contribution in [-0.4, -0.2) is 164 Å². The predicted molar refractivity (Wildman–Crippen MR) is 291 cm³/mol. The summed E-state index contributed by atoms with van der Waals surface area (Å²) in [6.07, 6.45) is 3.69. The number of carbonyl (C=O) groups is 3. The standard InChI is InChI=1S/C54H65N17O7/c1-3-40(72)62-36-22-38(46(76)44(36)74)70-28-57-42-48(56-25-35(30-12-7-5-8-13-30)31-14-9-6-10-15-31)64-52(66-50(42)70)68-20-17-33(26-68)59-49-43-51(71(29-58-43)39-23-37(45(75)47(39)77)63-41(73)4-2)67-53(65-49)69-21-18-34(27-69)61-54(78)60-32-16-11-19-55-24-32/h5-16,19,24,28-29,33-39,44-47,74-77H,3-4,17-18,20-23,25-27H2,1-2H3,(H,62,72)(H,63,73)(H,56,64,66)(H,59,65,67)(H2,60,61,78)/t33-,34-,36+,37+,38-,39-,44-,45-,46+,47+/m1/s1. The normalized spacial score (nSPS) is 25.0. The highest BCUT2D eigenvalue weighted by Crippen LogP contribution is 2.38. The van der Waals surface area contributed by atoms with Crippen molar-refractivity contribution in [2.45, 2.75) is 119 Å². The lowest BCUT2D eigenvalue weighted by Gasteiger charge is -2.23. The second-order valence-corrected chi connectivity index (χ2v) is 20.6. The molecule has 24 nitrogen and oxygen atoms in total. The minimum Gasteiger partial charge on any atom is -0.388 e. The zero-order chi connectivity index (χ0) is 54.0. The van der Waals surface area contributed by atoms with Crippen molar-refractivity contribution in [2.75, 3.05) is 58.5 Å². The van der Waals surface area contributed by atoms with Crippen LogP contribution in [0.15, 0.2) is 97.8 Å². The molecule has 24 heteroatoms. The highest BCUT2D eigenvalue weighted by atomic mass is 16.3. The lowest BCUT2D eigenvalue weighted by molar-refractivity contribution is -0.123. The van der Waals surface area contributed by atoms with Crippen LogP contribution in [0.1, 0.15) is 81.5 Å². The number of anilines is 5. The van der Waals surface area contributed by atoms with Crippen molar-refractivity contribution in [1.82, 2.24) is 60.0 Å². The van der Waals surface area contributed by atoms with Gasteiger partial charge in [0, 0.05) is 69.8 Å². The van der Waals surface area contributed by atoms with Crippen molar-refractivity contribution in [2.24, 2.45) is 0 Å². The summed E-state index contributed by atoms with van der Waals surface area (Å²) >= 11 is 0. The lowest BCUT2D eigenvalue weighted by atomic mass is 9.91. The van der Waals surface area contributed by atoms with Gasteiger partial charge in [0.25, 0.3) is 0 Å². The van der Waals surface area contributed by atoms with E-state index >= 15 is 0 Å². The van der Waals surface area contributed by atoms with Crippen LogP contribution in [0, 0.1) is 0 Å². The van der Waals surface area contributed by atoms with Gasteiger partial charge in [0.2, 0.25) is 23.7 Å². The molecule has 0 spiro atoms. The molecule has 2 aromatic carbocycles. The van der Waals surface area contributed by atoms with Gasteiger partial charge in [-0.2, -0.15) is 19.9 Å². The predicted octanol–water partition coefficient (Wildman–Crippen LogP) is 2.82. The average molecular weight is 1060 g/mol. The first-order valence-corrected chi connectivity index (χ1v) is 26.8. The molecule has 7 aromatic rings. The summed E-state index contributed by atoms with van der Waals surface area (Å²) in [5.74, 6) is 1.20. The molecule has 2 aliphatic heterocycles. The molecule has 2 aliphatic carbocycles.